The van der Waals surface area contributed by atoms with Crippen LogP contribution in [0.3, 0.4) is 0 Å². The fraction of sp³-hybridized carbons (Fsp3) is 0.545. The number of piperazine rings is 1. The zero-order valence-corrected chi connectivity index (χ0v) is 20.2. The summed E-state index contributed by atoms with van der Waals surface area (Å²) in [6.45, 7) is 5.48. The number of methoxy groups -OCH3 is 1. The predicted octanol–water partition coefficient (Wildman–Crippen LogP) is 2.64. The van der Waals surface area contributed by atoms with Crippen molar-refractivity contribution in [2.75, 3.05) is 33.3 Å². The highest BCUT2D eigenvalue weighted by Gasteiger charge is 2.28. The zero-order valence-electron chi connectivity index (χ0n) is 18.5. The van der Waals surface area contributed by atoms with Gasteiger partial charge in [0.05, 0.1) is 17.8 Å². The minimum absolute atomic E-state index is 0.0234. The second-order valence-corrected chi connectivity index (χ2v) is 11.1. The molecule has 1 aliphatic carbocycles. The molecule has 0 bridgehead atoms. The van der Waals surface area contributed by atoms with Crippen LogP contribution in [0.5, 0.6) is 5.75 Å². The van der Waals surface area contributed by atoms with E-state index in [0.29, 0.717) is 18.7 Å². The van der Waals surface area contributed by atoms with Crippen LogP contribution in [0.2, 0.25) is 0 Å². The van der Waals surface area contributed by atoms with E-state index < -0.39 is 10.0 Å². The second kappa shape index (κ2) is 9.86. The summed E-state index contributed by atoms with van der Waals surface area (Å²) in [4.78, 5) is 21.7. The Balaban J connectivity index is 1.44. The molecular formula is C22H30N4O4S2. The van der Waals surface area contributed by atoms with E-state index in [2.05, 4.69) is 20.0 Å². The molecule has 2 heterocycles. The lowest BCUT2D eigenvalue weighted by Gasteiger charge is -2.34. The lowest BCUT2D eigenvalue weighted by Crippen LogP contribution is -2.48. The standard InChI is InChI=1S/C22H30N4O4S2/c1-16-23-19(15-31-16)14-25-9-11-26(12-10-25)22(27)17-7-8-20(30-2)21(13-17)32(28,29)24-18-5-3-4-6-18/h7-8,13,15,18,24H,3-6,9-12,14H2,1-2H3. The maximum absolute atomic E-state index is 13.1. The molecule has 1 aromatic carbocycles. The van der Waals surface area contributed by atoms with Gasteiger partial charge in [0.15, 0.2) is 0 Å². The lowest BCUT2D eigenvalue weighted by molar-refractivity contribution is 0.0627. The average Bonchev–Trinajstić information content (AvgIpc) is 3.44. The Morgan fingerprint density at radius 3 is 2.56 bits per heavy atom. The molecule has 1 N–H and O–H groups in total. The lowest BCUT2D eigenvalue weighted by atomic mass is 10.1. The Morgan fingerprint density at radius 2 is 1.94 bits per heavy atom. The molecule has 1 aliphatic heterocycles. The van der Waals surface area contributed by atoms with Crippen molar-refractivity contribution in [3.8, 4) is 5.75 Å². The molecule has 174 valence electrons. The molecule has 0 radical (unpaired) electrons. The van der Waals surface area contributed by atoms with Gasteiger partial charge in [0.1, 0.15) is 10.6 Å². The van der Waals surface area contributed by atoms with E-state index in [1.54, 1.807) is 28.4 Å². The number of carbonyl (C=O) groups excluding carboxylic acids is 1. The number of carbonyl (C=O) groups is 1. The fourth-order valence-corrected chi connectivity index (χ4v) is 6.45. The molecule has 2 aliphatic rings. The molecule has 1 saturated heterocycles. The number of thiazole rings is 1. The summed E-state index contributed by atoms with van der Waals surface area (Å²) in [6, 6.07) is 4.60. The summed E-state index contributed by atoms with van der Waals surface area (Å²) in [5.74, 6) is 0.0875. The second-order valence-electron chi connectivity index (χ2n) is 8.39. The number of sulfonamides is 1. The van der Waals surface area contributed by atoms with Crippen molar-refractivity contribution in [3.05, 3.63) is 39.8 Å². The first-order valence-corrected chi connectivity index (χ1v) is 13.3. The average molecular weight is 479 g/mol. The first kappa shape index (κ1) is 23.2. The van der Waals surface area contributed by atoms with Gasteiger partial charge in [-0.3, -0.25) is 9.69 Å². The van der Waals surface area contributed by atoms with Crippen LogP contribution in [0.15, 0.2) is 28.5 Å². The van der Waals surface area contributed by atoms with Crippen LogP contribution < -0.4 is 9.46 Å². The van der Waals surface area contributed by atoms with Gasteiger partial charge >= 0.3 is 0 Å². The van der Waals surface area contributed by atoms with E-state index in [4.69, 9.17) is 4.74 Å². The molecule has 0 spiro atoms. The molecule has 32 heavy (non-hydrogen) atoms. The number of hydrogen-bond donors (Lipinski definition) is 1. The van der Waals surface area contributed by atoms with Crippen molar-refractivity contribution in [1.82, 2.24) is 19.5 Å². The number of nitrogens with one attached hydrogen (secondary N) is 1. The number of hydrogen-bond acceptors (Lipinski definition) is 7. The van der Waals surface area contributed by atoms with Crippen molar-refractivity contribution in [2.45, 2.75) is 50.1 Å². The smallest absolute Gasteiger partial charge is 0.253 e. The van der Waals surface area contributed by atoms with Gasteiger partial charge in [0, 0.05) is 49.7 Å². The molecule has 10 heteroatoms. The van der Waals surface area contributed by atoms with E-state index in [0.717, 1.165) is 56.0 Å². The summed E-state index contributed by atoms with van der Waals surface area (Å²) in [5.41, 5.74) is 1.42. The summed E-state index contributed by atoms with van der Waals surface area (Å²) in [5, 5.41) is 3.13. The Morgan fingerprint density at radius 1 is 1.22 bits per heavy atom. The summed E-state index contributed by atoms with van der Waals surface area (Å²) in [7, 11) is -2.34. The third-order valence-corrected chi connectivity index (χ3v) is 8.45. The fourth-order valence-electron chi connectivity index (χ4n) is 4.35. The molecule has 2 fully saturated rings. The quantitative estimate of drug-likeness (QED) is 0.658. The predicted molar refractivity (Wildman–Crippen MR) is 124 cm³/mol. The van der Waals surface area contributed by atoms with E-state index in [-0.39, 0.29) is 22.6 Å². The maximum Gasteiger partial charge on any atom is 0.253 e. The maximum atomic E-state index is 13.1. The van der Waals surface area contributed by atoms with Crippen LogP contribution in [-0.2, 0) is 16.6 Å². The minimum atomic E-state index is -3.77. The molecular weight excluding hydrogens is 448 g/mol. The van der Waals surface area contributed by atoms with Gasteiger partial charge < -0.3 is 9.64 Å². The third kappa shape index (κ3) is 5.31. The van der Waals surface area contributed by atoms with Gasteiger partial charge in [-0.1, -0.05) is 12.8 Å². The third-order valence-electron chi connectivity index (χ3n) is 6.09. The number of amides is 1. The first-order chi connectivity index (χ1) is 15.4. The summed E-state index contributed by atoms with van der Waals surface area (Å²) in [6.07, 6.45) is 3.73. The largest absolute Gasteiger partial charge is 0.495 e. The Hall–Kier alpha value is -2.01. The number of ether oxygens (including phenoxy) is 1. The van der Waals surface area contributed by atoms with E-state index in [1.807, 2.05) is 6.92 Å². The van der Waals surface area contributed by atoms with Crippen molar-refractivity contribution >= 4 is 27.3 Å². The molecule has 8 nitrogen and oxygen atoms in total. The number of aromatic nitrogens is 1. The van der Waals surface area contributed by atoms with Crippen molar-refractivity contribution in [2.24, 2.45) is 0 Å². The molecule has 4 rings (SSSR count). The van der Waals surface area contributed by atoms with Crippen LogP contribution in [0.1, 0.15) is 46.7 Å². The highest BCUT2D eigenvalue weighted by molar-refractivity contribution is 7.89. The van der Waals surface area contributed by atoms with Gasteiger partial charge in [-0.05, 0) is 38.0 Å². The van der Waals surface area contributed by atoms with E-state index in [1.165, 1.54) is 13.2 Å². The first-order valence-electron chi connectivity index (χ1n) is 11.0. The number of aryl methyl sites for hydroxylation is 1. The van der Waals surface area contributed by atoms with Gasteiger partial charge in [-0.15, -0.1) is 11.3 Å². The van der Waals surface area contributed by atoms with Gasteiger partial charge in [0.2, 0.25) is 10.0 Å². The highest BCUT2D eigenvalue weighted by atomic mass is 32.2. The van der Waals surface area contributed by atoms with Crippen molar-refractivity contribution < 1.29 is 17.9 Å². The number of benzene rings is 1. The molecule has 1 amide bonds. The molecule has 1 saturated carbocycles. The molecule has 0 atom stereocenters. The Labute approximate surface area is 193 Å². The summed E-state index contributed by atoms with van der Waals surface area (Å²) >= 11 is 1.64. The Kier molecular flexibility index (Phi) is 7.14. The van der Waals surface area contributed by atoms with Crippen LogP contribution >= 0.6 is 11.3 Å². The highest BCUT2D eigenvalue weighted by Crippen LogP contribution is 2.28. The zero-order chi connectivity index (χ0) is 22.7. The SMILES string of the molecule is COc1ccc(C(=O)N2CCN(Cc3csc(C)n3)CC2)cc1S(=O)(=O)NC1CCCC1. The van der Waals surface area contributed by atoms with Gasteiger partial charge in [-0.25, -0.2) is 18.1 Å². The van der Waals surface area contributed by atoms with E-state index >= 15 is 0 Å². The molecule has 1 aromatic heterocycles. The van der Waals surface area contributed by atoms with E-state index in [9.17, 15) is 13.2 Å². The Bertz CT molecular complexity index is 1060. The summed E-state index contributed by atoms with van der Waals surface area (Å²) < 4.78 is 34.1. The number of rotatable bonds is 7. The van der Waals surface area contributed by atoms with Crippen LogP contribution in [0.4, 0.5) is 0 Å². The van der Waals surface area contributed by atoms with Crippen molar-refractivity contribution in [1.29, 1.82) is 0 Å². The number of nitrogens with zero attached hydrogens (tertiary/aromatic N) is 3. The monoisotopic (exact) mass is 478 g/mol. The van der Waals surface area contributed by atoms with Crippen LogP contribution in [0.25, 0.3) is 0 Å². The van der Waals surface area contributed by atoms with Crippen LogP contribution in [0, 0.1) is 6.92 Å². The van der Waals surface area contributed by atoms with Crippen molar-refractivity contribution in [3.63, 3.8) is 0 Å². The topological polar surface area (TPSA) is 91.8 Å². The van der Waals surface area contributed by atoms with Gasteiger partial charge in [-0.2, -0.15) is 0 Å². The van der Waals surface area contributed by atoms with Gasteiger partial charge in [0.25, 0.3) is 5.91 Å². The van der Waals surface area contributed by atoms with Crippen LogP contribution in [-0.4, -0.2) is 68.4 Å². The molecule has 0 unspecified atom stereocenters. The normalized spacial score (nSPS) is 18.2. The minimum Gasteiger partial charge on any atom is -0.495 e. The molecule has 2 aromatic rings.